The van der Waals surface area contributed by atoms with Crippen molar-refractivity contribution in [2.45, 2.75) is 13.1 Å². The van der Waals surface area contributed by atoms with Gasteiger partial charge in [-0.1, -0.05) is 11.3 Å². The number of rotatable bonds is 2. The lowest BCUT2D eigenvalue weighted by Crippen LogP contribution is -2.25. The van der Waals surface area contributed by atoms with Crippen molar-refractivity contribution in [2.24, 2.45) is 0 Å². The van der Waals surface area contributed by atoms with Crippen LogP contribution in [0.2, 0.25) is 0 Å². The van der Waals surface area contributed by atoms with Gasteiger partial charge in [-0.05, 0) is 31.2 Å². The number of hydrogen-bond donors (Lipinski definition) is 0. The summed E-state index contributed by atoms with van der Waals surface area (Å²) in [6.07, 6.45) is -5.05. The van der Waals surface area contributed by atoms with E-state index in [9.17, 15) is 22.4 Å². The van der Waals surface area contributed by atoms with E-state index in [0.29, 0.717) is 5.01 Å². The number of aromatic nitrogens is 3. The van der Waals surface area contributed by atoms with Gasteiger partial charge >= 0.3 is 6.18 Å². The zero-order valence-electron chi connectivity index (χ0n) is 11.0. The van der Waals surface area contributed by atoms with Crippen LogP contribution in [0, 0.1) is 12.7 Å². The quantitative estimate of drug-likeness (QED) is 0.532. The Morgan fingerprint density at radius 2 is 1.86 bits per heavy atom. The van der Waals surface area contributed by atoms with Crippen LogP contribution in [0.4, 0.5) is 17.6 Å². The Kier molecular flexibility index (Phi) is 3.24. The molecule has 9 heteroatoms. The monoisotopic (exact) mass is 329 g/mol. The molecule has 2 aromatic heterocycles. The van der Waals surface area contributed by atoms with E-state index >= 15 is 0 Å². The largest absolute Gasteiger partial charge is 0.456 e. The lowest BCUT2D eigenvalue weighted by molar-refractivity contribution is -0.0889. The SMILES string of the molecule is Cc1nn2c(C(=O)C(F)(F)F)c(-c3ccc(F)cc3)nc2s1. The van der Waals surface area contributed by atoms with Gasteiger partial charge in [0.05, 0.1) is 0 Å². The smallest absolute Gasteiger partial charge is 0.282 e. The number of ketones is 1. The molecule has 0 bridgehead atoms. The minimum atomic E-state index is -5.05. The molecule has 0 aliphatic carbocycles. The molecule has 1 aromatic carbocycles. The van der Waals surface area contributed by atoms with E-state index in [0.717, 1.165) is 28.0 Å². The average Bonchev–Trinajstić information content (AvgIpc) is 2.93. The van der Waals surface area contributed by atoms with Crippen LogP contribution in [0.15, 0.2) is 24.3 Å². The molecule has 0 spiro atoms. The van der Waals surface area contributed by atoms with Gasteiger partial charge in [0, 0.05) is 5.56 Å². The zero-order valence-corrected chi connectivity index (χ0v) is 11.8. The van der Waals surface area contributed by atoms with Crippen LogP contribution in [-0.4, -0.2) is 26.6 Å². The predicted octanol–water partition coefficient (Wildman–Crippen LogP) is 3.65. The second-order valence-corrected chi connectivity index (χ2v) is 5.62. The predicted molar refractivity (Wildman–Crippen MR) is 71.4 cm³/mol. The van der Waals surface area contributed by atoms with Crippen molar-refractivity contribution >= 4 is 22.1 Å². The minimum Gasteiger partial charge on any atom is -0.282 e. The van der Waals surface area contributed by atoms with Crippen LogP contribution in [0.1, 0.15) is 15.5 Å². The van der Waals surface area contributed by atoms with Crippen LogP contribution >= 0.6 is 11.3 Å². The molecule has 3 aromatic rings. The lowest BCUT2D eigenvalue weighted by atomic mass is 10.1. The van der Waals surface area contributed by atoms with E-state index in [4.69, 9.17) is 0 Å². The molecule has 0 atom stereocenters. The number of carbonyl (C=O) groups excluding carboxylic acids is 1. The second-order valence-electron chi connectivity index (χ2n) is 4.46. The number of nitrogens with zero attached hydrogens (tertiary/aromatic N) is 3. The molecule has 114 valence electrons. The Morgan fingerprint density at radius 3 is 2.45 bits per heavy atom. The van der Waals surface area contributed by atoms with Gasteiger partial charge in [0.2, 0.25) is 4.96 Å². The van der Waals surface area contributed by atoms with Crippen LogP contribution < -0.4 is 0 Å². The van der Waals surface area contributed by atoms with Crippen molar-refractivity contribution in [1.82, 2.24) is 14.6 Å². The first-order valence-corrected chi connectivity index (χ1v) is 6.82. The van der Waals surface area contributed by atoms with Crippen molar-refractivity contribution in [3.63, 3.8) is 0 Å². The third-order valence-electron chi connectivity index (χ3n) is 2.89. The highest BCUT2D eigenvalue weighted by Crippen LogP contribution is 2.31. The maximum absolute atomic E-state index is 13.0. The maximum Gasteiger partial charge on any atom is 0.456 e. The summed E-state index contributed by atoms with van der Waals surface area (Å²) in [7, 11) is 0. The lowest BCUT2D eigenvalue weighted by Gasteiger charge is -2.06. The van der Waals surface area contributed by atoms with Gasteiger partial charge in [-0.3, -0.25) is 4.79 Å². The first-order chi connectivity index (χ1) is 10.3. The summed E-state index contributed by atoms with van der Waals surface area (Å²) in [5, 5.41) is 4.37. The standard InChI is InChI=1S/C13H7F4N3OS/c1-6-19-20-10(11(21)13(15,16)17)9(18-12(20)22-6)7-2-4-8(14)5-3-7/h2-5H,1H3. The zero-order chi connectivity index (χ0) is 16.1. The number of carbonyl (C=O) groups is 1. The number of imidazole rings is 1. The number of alkyl halides is 3. The first-order valence-electron chi connectivity index (χ1n) is 6.01. The van der Waals surface area contributed by atoms with Crippen molar-refractivity contribution < 1.29 is 22.4 Å². The average molecular weight is 329 g/mol. The Hall–Kier alpha value is -2.29. The molecule has 0 N–H and O–H groups in total. The number of aryl methyl sites for hydroxylation is 1. The van der Waals surface area contributed by atoms with Gasteiger partial charge < -0.3 is 0 Å². The fourth-order valence-corrected chi connectivity index (χ4v) is 2.73. The molecule has 2 heterocycles. The third kappa shape index (κ3) is 2.37. The summed E-state index contributed by atoms with van der Waals surface area (Å²) < 4.78 is 52.3. The fourth-order valence-electron chi connectivity index (χ4n) is 1.99. The summed E-state index contributed by atoms with van der Waals surface area (Å²) in [5.41, 5.74) is -0.621. The first kappa shape index (κ1) is 14.6. The Bertz CT molecular complexity index is 864. The number of benzene rings is 1. The van der Waals surface area contributed by atoms with Crippen LogP contribution in [-0.2, 0) is 0 Å². The second kappa shape index (κ2) is 4.87. The number of hydrogen-bond acceptors (Lipinski definition) is 4. The molecule has 22 heavy (non-hydrogen) atoms. The molecular formula is C13H7F4N3OS. The normalized spacial score (nSPS) is 12.0. The number of halogens is 4. The molecule has 0 radical (unpaired) electrons. The van der Waals surface area contributed by atoms with Crippen LogP contribution in [0.3, 0.4) is 0 Å². The highest BCUT2D eigenvalue weighted by molar-refractivity contribution is 7.16. The van der Waals surface area contributed by atoms with Crippen molar-refractivity contribution in [1.29, 1.82) is 0 Å². The Morgan fingerprint density at radius 1 is 1.23 bits per heavy atom. The summed E-state index contributed by atoms with van der Waals surface area (Å²) in [6.45, 7) is 1.60. The van der Waals surface area contributed by atoms with Gasteiger partial charge in [0.1, 0.15) is 22.2 Å². The van der Waals surface area contributed by atoms with E-state index in [1.807, 2.05) is 0 Å². The molecule has 3 rings (SSSR count). The summed E-state index contributed by atoms with van der Waals surface area (Å²) in [6, 6.07) is 4.70. The van der Waals surface area contributed by atoms with Gasteiger partial charge in [-0.2, -0.15) is 22.8 Å². The number of Topliss-reactive ketones (excluding diaryl/α,β-unsaturated/α-hetero) is 1. The molecule has 0 aliphatic rings. The topological polar surface area (TPSA) is 47.3 Å². The summed E-state index contributed by atoms with van der Waals surface area (Å²) in [5.74, 6) is -2.58. The molecular weight excluding hydrogens is 322 g/mol. The van der Waals surface area contributed by atoms with E-state index in [1.54, 1.807) is 6.92 Å². The van der Waals surface area contributed by atoms with Gasteiger partial charge in [0.15, 0.2) is 0 Å². The van der Waals surface area contributed by atoms with Gasteiger partial charge in [0.25, 0.3) is 5.78 Å². The maximum atomic E-state index is 13.0. The van der Waals surface area contributed by atoms with Gasteiger partial charge in [-0.15, -0.1) is 0 Å². The van der Waals surface area contributed by atoms with E-state index in [1.165, 1.54) is 12.1 Å². The number of fused-ring (bicyclic) bond motifs is 1. The van der Waals surface area contributed by atoms with Crippen molar-refractivity contribution in [3.05, 3.63) is 40.8 Å². The van der Waals surface area contributed by atoms with E-state index in [-0.39, 0.29) is 16.2 Å². The van der Waals surface area contributed by atoms with Crippen molar-refractivity contribution in [3.8, 4) is 11.3 Å². The van der Waals surface area contributed by atoms with E-state index in [2.05, 4.69) is 10.1 Å². The summed E-state index contributed by atoms with van der Waals surface area (Å²) >= 11 is 1.06. The van der Waals surface area contributed by atoms with Crippen LogP contribution in [0.5, 0.6) is 0 Å². The Balaban J connectivity index is 2.28. The highest BCUT2D eigenvalue weighted by Gasteiger charge is 2.43. The molecule has 0 amide bonds. The van der Waals surface area contributed by atoms with E-state index < -0.39 is 23.5 Å². The minimum absolute atomic E-state index is 0.166. The fraction of sp³-hybridized carbons (Fsp3) is 0.154. The Labute approximate surface area is 125 Å². The highest BCUT2D eigenvalue weighted by atomic mass is 32.1. The molecule has 0 saturated carbocycles. The van der Waals surface area contributed by atoms with Gasteiger partial charge in [-0.25, -0.2) is 9.37 Å². The van der Waals surface area contributed by atoms with Crippen molar-refractivity contribution in [2.75, 3.05) is 0 Å². The third-order valence-corrected chi connectivity index (χ3v) is 3.72. The molecule has 0 aliphatic heterocycles. The molecule has 0 saturated heterocycles. The molecule has 0 unspecified atom stereocenters. The summed E-state index contributed by atoms with van der Waals surface area (Å²) in [4.78, 5) is 15.9. The molecule has 0 fully saturated rings. The molecule has 4 nitrogen and oxygen atoms in total. The van der Waals surface area contributed by atoms with Crippen LogP contribution in [0.25, 0.3) is 16.2 Å².